The van der Waals surface area contributed by atoms with Gasteiger partial charge in [-0.15, -0.1) is 0 Å². The molecule has 21 heavy (non-hydrogen) atoms. The fourth-order valence-electron chi connectivity index (χ4n) is 2.42. The van der Waals surface area contributed by atoms with Crippen LogP contribution in [0.25, 0.3) is 10.9 Å². The van der Waals surface area contributed by atoms with Gasteiger partial charge in [0.25, 0.3) is 0 Å². The van der Waals surface area contributed by atoms with Crippen LogP contribution in [0.3, 0.4) is 0 Å². The van der Waals surface area contributed by atoms with Crippen molar-refractivity contribution in [3.05, 3.63) is 23.1 Å². The van der Waals surface area contributed by atoms with Gasteiger partial charge in [-0.3, -0.25) is 0 Å². The quantitative estimate of drug-likeness (QED) is 0.452. The maximum atomic E-state index is 6.27. The minimum Gasteiger partial charge on any atom is -0.360 e. The molecule has 6 heteroatoms. The van der Waals surface area contributed by atoms with Gasteiger partial charge in [-0.2, -0.15) is 5.10 Å². The average Bonchev–Trinajstić information content (AvgIpc) is 3.14. The Morgan fingerprint density at radius 1 is 1.33 bits per heavy atom. The number of halogens is 1. The smallest absolute Gasteiger partial charge is 0.155 e. The molecule has 0 radical (unpaired) electrons. The van der Waals surface area contributed by atoms with Crippen molar-refractivity contribution in [2.24, 2.45) is 0 Å². The van der Waals surface area contributed by atoms with E-state index in [1.807, 2.05) is 17.1 Å². The van der Waals surface area contributed by atoms with Crippen LogP contribution in [0.4, 0.5) is 0 Å². The number of aromatic nitrogens is 3. The number of rotatable bonds is 6. The SMILES string of the molecule is C[Si](C)(C)CCOCn1ncc2c(C3CC3)cnc(Cl)c21. The first kappa shape index (κ1) is 15.0. The molecule has 2 aromatic heterocycles. The minimum atomic E-state index is -1.05. The van der Waals surface area contributed by atoms with Gasteiger partial charge in [-0.1, -0.05) is 31.2 Å². The summed E-state index contributed by atoms with van der Waals surface area (Å²) < 4.78 is 7.62. The van der Waals surface area contributed by atoms with Crippen molar-refractivity contribution < 1.29 is 4.74 Å². The Morgan fingerprint density at radius 3 is 2.76 bits per heavy atom. The zero-order valence-electron chi connectivity index (χ0n) is 12.9. The Kier molecular flexibility index (Phi) is 4.07. The molecule has 0 atom stereocenters. The fraction of sp³-hybridized carbons (Fsp3) is 0.600. The molecule has 3 rings (SSSR count). The van der Waals surface area contributed by atoms with Gasteiger partial charge < -0.3 is 4.74 Å². The topological polar surface area (TPSA) is 39.9 Å². The first-order chi connectivity index (χ1) is 9.96. The molecular weight excluding hydrogens is 302 g/mol. The second kappa shape index (κ2) is 5.70. The number of hydrogen-bond acceptors (Lipinski definition) is 3. The number of nitrogens with zero attached hydrogens (tertiary/aromatic N) is 3. The standard InChI is InChI=1S/C15H22ClN3OSi/c1-21(2,3)7-6-20-10-19-14-13(9-18-19)12(11-4-5-11)8-17-15(14)16/h8-9,11H,4-7,10H2,1-3H3. The molecule has 0 spiro atoms. The molecule has 0 saturated heterocycles. The lowest BCUT2D eigenvalue weighted by Gasteiger charge is -2.15. The summed E-state index contributed by atoms with van der Waals surface area (Å²) in [7, 11) is -1.05. The molecule has 0 aromatic carbocycles. The summed E-state index contributed by atoms with van der Waals surface area (Å²) in [5.41, 5.74) is 2.19. The van der Waals surface area contributed by atoms with Crippen LogP contribution < -0.4 is 0 Å². The summed E-state index contributed by atoms with van der Waals surface area (Å²) in [6, 6.07) is 1.16. The van der Waals surface area contributed by atoms with Gasteiger partial charge >= 0.3 is 0 Å². The molecule has 2 aromatic rings. The lowest BCUT2D eigenvalue weighted by atomic mass is 10.1. The van der Waals surface area contributed by atoms with Crippen LogP contribution in [0.5, 0.6) is 0 Å². The molecule has 0 N–H and O–H groups in total. The summed E-state index contributed by atoms with van der Waals surface area (Å²) in [5.74, 6) is 0.641. The molecule has 0 amide bonds. The van der Waals surface area contributed by atoms with E-state index < -0.39 is 8.07 Å². The molecule has 114 valence electrons. The van der Waals surface area contributed by atoms with E-state index in [1.54, 1.807) is 0 Å². The molecule has 0 aliphatic heterocycles. The molecule has 1 saturated carbocycles. The van der Waals surface area contributed by atoms with Crippen molar-refractivity contribution in [2.45, 2.75) is 51.2 Å². The van der Waals surface area contributed by atoms with Crippen LogP contribution in [0.1, 0.15) is 24.3 Å². The van der Waals surface area contributed by atoms with Gasteiger partial charge in [-0.05, 0) is 30.4 Å². The maximum Gasteiger partial charge on any atom is 0.155 e. The normalized spacial score (nSPS) is 15.8. The highest BCUT2D eigenvalue weighted by molar-refractivity contribution is 6.76. The molecular formula is C15H22ClN3OSi. The van der Waals surface area contributed by atoms with Gasteiger partial charge in [-0.25, -0.2) is 9.67 Å². The first-order valence-electron chi connectivity index (χ1n) is 7.53. The summed E-state index contributed by atoms with van der Waals surface area (Å²) in [6.07, 6.45) is 6.30. The Labute approximate surface area is 131 Å². The average molecular weight is 324 g/mol. The van der Waals surface area contributed by atoms with Gasteiger partial charge in [0.1, 0.15) is 12.2 Å². The number of ether oxygens (including phenoxy) is 1. The summed E-state index contributed by atoms with van der Waals surface area (Å²) in [6.45, 7) is 8.28. The van der Waals surface area contributed by atoms with Crippen LogP contribution in [-0.2, 0) is 11.5 Å². The zero-order valence-corrected chi connectivity index (χ0v) is 14.7. The largest absolute Gasteiger partial charge is 0.360 e. The van der Waals surface area contributed by atoms with Gasteiger partial charge in [0.2, 0.25) is 0 Å². The Morgan fingerprint density at radius 2 is 2.10 bits per heavy atom. The van der Waals surface area contributed by atoms with Crippen molar-refractivity contribution in [2.75, 3.05) is 6.61 Å². The molecule has 1 aliphatic carbocycles. The maximum absolute atomic E-state index is 6.27. The second-order valence-corrected chi connectivity index (χ2v) is 13.0. The summed E-state index contributed by atoms with van der Waals surface area (Å²) >= 11 is 6.27. The van der Waals surface area contributed by atoms with Crippen LogP contribution >= 0.6 is 11.6 Å². The van der Waals surface area contributed by atoms with Crippen LogP contribution in [0, 0.1) is 0 Å². The molecule has 1 aliphatic rings. The van der Waals surface area contributed by atoms with E-state index in [1.165, 1.54) is 18.4 Å². The second-order valence-electron chi connectivity index (χ2n) is 7.03. The van der Waals surface area contributed by atoms with Crippen LogP contribution in [-0.4, -0.2) is 29.4 Å². The van der Waals surface area contributed by atoms with E-state index in [0.29, 0.717) is 17.8 Å². The van der Waals surface area contributed by atoms with Crippen molar-refractivity contribution in [1.29, 1.82) is 0 Å². The third-order valence-electron chi connectivity index (χ3n) is 3.89. The van der Waals surface area contributed by atoms with Crippen molar-refractivity contribution >= 4 is 30.6 Å². The first-order valence-corrected chi connectivity index (χ1v) is 11.6. The van der Waals surface area contributed by atoms with E-state index in [9.17, 15) is 0 Å². The van der Waals surface area contributed by atoms with E-state index in [2.05, 4.69) is 29.7 Å². The zero-order chi connectivity index (χ0) is 15.0. The van der Waals surface area contributed by atoms with Gasteiger partial charge in [0, 0.05) is 26.3 Å². The van der Waals surface area contributed by atoms with Crippen LogP contribution in [0.15, 0.2) is 12.4 Å². The third kappa shape index (κ3) is 3.47. The summed E-state index contributed by atoms with van der Waals surface area (Å²) in [4.78, 5) is 4.32. The van der Waals surface area contributed by atoms with Crippen LogP contribution in [0.2, 0.25) is 30.8 Å². The number of fused-ring (bicyclic) bond motifs is 1. The summed E-state index contributed by atoms with van der Waals surface area (Å²) in [5, 5.41) is 6.08. The van der Waals surface area contributed by atoms with Crippen molar-refractivity contribution in [1.82, 2.24) is 14.8 Å². The van der Waals surface area contributed by atoms with Crippen molar-refractivity contribution in [3.63, 3.8) is 0 Å². The Bertz CT molecular complexity index is 646. The Balaban J connectivity index is 1.75. The van der Waals surface area contributed by atoms with E-state index in [-0.39, 0.29) is 0 Å². The minimum absolute atomic E-state index is 0.448. The molecule has 4 nitrogen and oxygen atoms in total. The van der Waals surface area contributed by atoms with Gasteiger partial charge in [0.05, 0.1) is 6.20 Å². The monoisotopic (exact) mass is 323 g/mol. The lowest BCUT2D eigenvalue weighted by molar-refractivity contribution is 0.0817. The molecule has 2 heterocycles. The van der Waals surface area contributed by atoms with E-state index in [4.69, 9.17) is 16.3 Å². The van der Waals surface area contributed by atoms with Crippen molar-refractivity contribution in [3.8, 4) is 0 Å². The van der Waals surface area contributed by atoms with Gasteiger partial charge in [0.15, 0.2) is 5.15 Å². The third-order valence-corrected chi connectivity index (χ3v) is 5.87. The predicted octanol–water partition coefficient (Wildman–Crippen LogP) is 4.27. The number of pyridine rings is 1. The molecule has 1 fully saturated rings. The highest BCUT2D eigenvalue weighted by Gasteiger charge is 2.27. The molecule has 0 unspecified atom stereocenters. The van der Waals surface area contributed by atoms with E-state index in [0.717, 1.165) is 23.6 Å². The van der Waals surface area contributed by atoms with E-state index >= 15 is 0 Å². The Hall–Kier alpha value is -0.913. The predicted molar refractivity (Wildman–Crippen MR) is 88.6 cm³/mol. The highest BCUT2D eigenvalue weighted by atomic mass is 35.5. The molecule has 0 bridgehead atoms. The lowest BCUT2D eigenvalue weighted by Crippen LogP contribution is -2.22. The highest BCUT2D eigenvalue weighted by Crippen LogP contribution is 2.43. The number of hydrogen-bond donors (Lipinski definition) is 0. The fourth-order valence-corrected chi connectivity index (χ4v) is 3.42.